The van der Waals surface area contributed by atoms with Gasteiger partial charge in [-0.05, 0) is 18.4 Å². The Kier molecular flexibility index (Phi) is 14.4. The molecule has 0 fully saturated rings. The van der Waals surface area contributed by atoms with Crippen molar-refractivity contribution in [2.45, 2.75) is 39.0 Å². The van der Waals surface area contributed by atoms with Gasteiger partial charge in [0.25, 0.3) is 0 Å². The first-order valence-electron chi connectivity index (χ1n) is 8.51. The maximum absolute atomic E-state index is 11.8. The molecule has 1 aromatic rings. The zero-order chi connectivity index (χ0) is 16.8. The van der Waals surface area contributed by atoms with Gasteiger partial charge in [0.15, 0.2) is 5.96 Å². The van der Waals surface area contributed by atoms with Crippen LogP contribution in [-0.4, -0.2) is 38.5 Å². The highest BCUT2D eigenvalue weighted by Gasteiger charge is 2.03. The highest BCUT2D eigenvalue weighted by atomic mass is 127. The molecule has 0 aromatic heterocycles. The Morgan fingerprint density at radius 2 is 1.75 bits per heavy atom. The van der Waals surface area contributed by atoms with E-state index in [1.807, 2.05) is 18.2 Å². The number of hydrogen-bond donors (Lipinski definition) is 3. The van der Waals surface area contributed by atoms with Gasteiger partial charge in [0, 0.05) is 20.1 Å². The number of carbonyl (C=O) groups excluding carboxylic acids is 1. The molecular weight excluding hydrogens is 415 g/mol. The molecule has 0 bridgehead atoms. The number of amides is 1. The van der Waals surface area contributed by atoms with Crippen LogP contribution in [0.2, 0.25) is 0 Å². The van der Waals surface area contributed by atoms with Crippen LogP contribution < -0.4 is 16.0 Å². The lowest BCUT2D eigenvalue weighted by Gasteiger charge is -2.12. The quantitative estimate of drug-likeness (QED) is 0.224. The summed E-state index contributed by atoms with van der Waals surface area (Å²) in [5, 5.41) is 9.17. The zero-order valence-electron chi connectivity index (χ0n) is 14.8. The summed E-state index contributed by atoms with van der Waals surface area (Å²) in [6, 6.07) is 10.1. The van der Waals surface area contributed by atoms with E-state index in [9.17, 15) is 4.79 Å². The molecule has 1 aromatic carbocycles. The fraction of sp³-hybridized carbons (Fsp3) is 0.556. The third kappa shape index (κ3) is 11.3. The Labute approximate surface area is 163 Å². The van der Waals surface area contributed by atoms with Crippen LogP contribution in [0.4, 0.5) is 0 Å². The Bertz CT molecular complexity index is 465. The van der Waals surface area contributed by atoms with Crippen LogP contribution in [0.3, 0.4) is 0 Å². The van der Waals surface area contributed by atoms with Crippen LogP contribution in [-0.2, 0) is 11.2 Å². The van der Waals surface area contributed by atoms with Gasteiger partial charge in [-0.25, -0.2) is 0 Å². The average molecular weight is 446 g/mol. The maximum atomic E-state index is 11.8. The molecule has 0 radical (unpaired) electrons. The molecule has 0 heterocycles. The molecule has 136 valence electrons. The summed E-state index contributed by atoms with van der Waals surface area (Å²) in [4.78, 5) is 15.9. The van der Waals surface area contributed by atoms with E-state index in [2.05, 4.69) is 40.0 Å². The maximum Gasteiger partial charge on any atom is 0.239 e. The summed E-state index contributed by atoms with van der Waals surface area (Å²) in [5.41, 5.74) is 1.23. The average Bonchev–Trinajstić information content (AvgIpc) is 2.58. The topological polar surface area (TPSA) is 65.5 Å². The van der Waals surface area contributed by atoms with Crippen molar-refractivity contribution in [3.8, 4) is 0 Å². The minimum Gasteiger partial charge on any atom is -0.356 e. The molecule has 24 heavy (non-hydrogen) atoms. The molecule has 5 nitrogen and oxygen atoms in total. The van der Waals surface area contributed by atoms with E-state index in [0.717, 1.165) is 19.4 Å². The van der Waals surface area contributed by atoms with Gasteiger partial charge in [0.2, 0.25) is 5.91 Å². The summed E-state index contributed by atoms with van der Waals surface area (Å²) in [5.74, 6) is 0.662. The van der Waals surface area contributed by atoms with Crippen LogP contribution in [0.25, 0.3) is 0 Å². The number of benzene rings is 1. The largest absolute Gasteiger partial charge is 0.356 e. The molecule has 0 aliphatic rings. The number of halogens is 1. The summed E-state index contributed by atoms with van der Waals surface area (Å²) in [6.07, 6.45) is 5.68. The first-order valence-corrected chi connectivity index (χ1v) is 8.51. The predicted molar refractivity (Wildman–Crippen MR) is 112 cm³/mol. The van der Waals surface area contributed by atoms with Crippen LogP contribution in [0.15, 0.2) is 35.3 Å². The lowest BCUT2D eigenvalue weighted by molar-refractivity contribution is -0.119. The molecule has 0 aliphatic heterocycles. The van der Waals surface area contributed by atoms with Crippen LogP contribution >= 0.6 is 24.0 Å². The van der Waals surface area contributed by atoms with Crippen LogP contribution in [0, 0.1) is 0 Å². The van der Waals surface area contributed by atoms with Crippen molar-refractivity contribution in [2.75, 3.05) is 26.7 Å². The summed E-state index contributed by atoms with van der Waals surface area (Å²) < 4.78 is 0. The van der Waals surface area contributed by atoms with Crippen molar-refractivity contribution in [3.05, 3.63) is 35.9 Å². The van der Waals surface area contributed by atoms with Gasteiger partial charge < -0.3 is 16.0 Å². The summed E-state index contributed by atoms with van der Waals surface area (Å²) >= 11 is 0. The normalized spacial score (nSPS) is 10.7. The van der Waals surface area contributed by atoms with Gasteiger partial charge in [-0.1, -0.05) is 56.5 Å². The molecule has 1 rings (SSSR count). The van der Waals surface area contributed by atoms with Gasteiger partial charge in [-0.2, -0.15) is 0 Å². The van der Waals surface area contributed by atoms with Gasteiger partial charge in [-0.15, -0.1) is 24.0 Å². The molecule has 0 aliphatic carbocycles. The number of rotatable bonds is 10. The number of nitrogens with one attached hydrogen (secondary N) is 3. The lowest BCUT2D eigenvalue weighted by Crippen LogP contribution is -2.43. The second-order valence-electron chi connectivity index (χ2n) is 5.50. The summed E-state index contributed by atoms with van der Waals surface area (Å²) in [6.45, 7) is 3.97. The van der Waals surface area contributed by atoms with Crippen LogP contribution in [0.5, 0.6) is 0 Å². The van der Waals surface area contributed by atoms with Crippen LogP contribution in [0.1, 0.15) is 38.2 Å². The minimum absolute atomic E-state index is 0. The highest BCUT2D eigenvalue weighted by molar-refractivity contribution is 14.0. The first kappa shape index (κ1) is 22.7. The van der Waals surface area contributed by atoms with E-state index in [1.165, 1.54) is 24.8 Å². The Hall–Kier alpha value is -1.31. The van der Waals surface area contributed by atoms with Crippen molar-refractivity contribution in [1.82, 2.24) is 16.0 Å². The van der Waals surface area contributed by atoms with Gasteiger partial charge in [-0.3, -0.25) is 9.79 Å². The summed E-state index contributed by atoms with van der Waals surface area (Å²) in [7, 11) is 1.72. The highest BCUT2D eigenvalue weighted by Crippen LogP contribution is 1.98. The number of carbonyl (C=O) groups is 1. The molecular formula is C18H31IN4O. The number of unbranched alkanes of at least 4 members (excludes halogenated alkanes) is 3. The van der Waals surface area contributed by atoms with E-state index in [1.54, 1.807) is 7.05 Å². The molecule has 0 saturated carbocycles. The van der Waals surface area contributed by atoms with Crippen molar-refractivity contribution in [1.29, 1.82) is 0 Å². The Morgan fingerprint density at radius 3 is 2.42 bits per heavy atom. The zero-order valence-corrected chi connectivity index (χ0v) is 17.1. The molecule has 0 atom stereocenters. The second kappa shape index (κ2) is 15.2. The van der Waals surface area contributed by atoms with E-state index < -0.39 is 0 Å². The predicted octanol–water partition coefficient (Wildman–Crippen LogP) is 2.71. The standard InChI is InChI=1S/C18H30N4O.HI/c1-3-4-5-9-13-21-18(19-2)22-15-17(23)20-14-12-16-10-7-6-8-11-16;/h6-8,10-11H,3-5,9,12-15H2,1-2H3,(H,20,23)(H2,19,21,22);1H. The molecule has 1 amide bonds. The lowest BCUT2D eigenvalue weighted by atomic mass is 10.1. The fourth-order valence-corrected chi connectivity index (χ4v) is 2.20. The third-order valence-corrected chi connectivity index (χ3v) is 3.54. The fourth-order valence-electron chi connectivity index (χ4n) is 2.20. The number of nitrogens with zero attached hydrogens (tertiary/aromatic N) is 1. The molecule has 6 heteroatoms. The number of hydrogen-bond acceptors (Lipinski definition) is 2. The first-order chi connectivity index (χ1) is 11.3. The number of guanidine groups is 1. The van der Waals surface area contributed by atoms with Crippen molar-refractivity contribution in [2.24, 2.45) is 4.99 Å². The van der Waals surface area contributed by atoms with Crippen molar-refractivity contribution in [3.63, 3.8) is 0 Å². The Balaban J connectivity index is 0.00000529. The molecule has 0 saturated heterocycles. The van der Waals surface area contributed by atoms with Gasteiger partial charge in [0.05, 0.1) is 6.54 Å². The van der Waals surface area contributed by atoms with E-state index in [0.29, 0.717) is 12.5 Å². The van der Waals surface area contributed by atoms with E-state index >= 15 is 0 Å². The van der Waals surface area contributed by atoms with E-state index in [-0.39, 0.29) is 36.4 Å². The minimum atomic E-state index is -0.0186. The number of aliphatic imine (C=N–C) groups is 1. The molecule has 0 spiro atoms. The van der Waals surface area contributed by atoms with Gasteiger partial charge in [0.1, 0.15) is 0 Å². The smallest absolute Gasteiger partial charge is 0.239 e. The second-order valence-corrected chi connectivity index (χ2v) is 5.50. The SMILES string of the molecule is CCCCCCNC(=NC)NCC(=O)NCCc1ccccc1.I. The van der Waals surface area contributed by atoms with E-state index in [4.69, 9.17) is 0 Å². The third-order valence-electron chi connectivity index (χ3n) is 3.54. The molecule has 0 unspecified atom stereocenters. The van der Waals surface area contributed by atoms with Crippen molar-refractivity contribution >= 4 is 35.8 Å². The van der Waals surface area contributed by atoms with Gasteiger partial charge >= 0.3 is 0 Å². The van der Waals surface area contributed by atoms with Crippen molar-refractivity contribution < 1.29 is 4.79 Å². The molecule has 3 N–H and O–H groups in total. The monoisotopic (exact) mass is 446 g/mol. The Morgan fingerprint density at radius 1 is 1.00 bits per heavy atom.